The molecule has 0 bridgehead atoms. The van der Waals surface area contributed by atoms with Crippen LogP contribution in [-0.4, -0.2) is 18.4 Å². The van der Waals surface area contributed by atoms with Gasteiger partial charge in [0.15, 0.2) is 6.61 Å². The highest BCUT2D eigenvalue weighted by molar-refractivity contribution is 5.92. The molecule has 0 spiro atoms. The van der Waals surface area contributed by atoms with E-state index in [1.807, 2.05) is 19.1 Å². The summed E-state index contributed by atoms with van der Waals surface area (Å²) in [5.41, 5.74) is 7.93. The molecular formula is C21H26N2O3. The van der Waals surface area contributed by atoms with Crippen molar-refractivity contribution in [2.45, 2.75) is 33.2 Å². The van der Waals surface area contributed by atoms with Crippen LogP contribution in [-0.2, 0) is 11.2 Å². The molecule has 2 amide bonds. The Balaban J connectivity index is 1.83. The number of hydrogen-bond donors (Lipinski definition) is 2. The summed E-state index contributed by atoms with van der Waals surface area (Å²) in [6.45, 7) is 6.24. The minimum atomic E-state index is -0.498. The van der Waals surface area contributed by atoms with E-state index in [0.29, 0.717) is 17.2 Å². The molecule has 0 aliphatic rings. The first-order chi connectivity index (χ1) is 12.3. The van der Waals surface area contributed by atoms with Gasteiger partial charge < -0.3 is 15.8 Å². The number of carbonyl (C=O) groups excluding carboxylic acids is 2. The Bertz CT molecular complexity index is 737. The monoisotopic (exact) mass is 354 g/mol. The predicted molar refractivity (Wildman–Crippen MR) is 102 cm³/mol. The summed E-state index contributed by atoms with van der Waals surface area (Å²) in [6.07, 6.45) is 1.05. The minimum absolute atomic E-state index is 0.0916. The van der Waals surface area contributed by atoms with E-state index in [2.05, 4.69) is 31.3 Å². The van der Waals surface area contributed by atoms with Gasteiger partial charge in [0, 0.05) is 5.56 Å². The van der Waals surface area contributed by atoms with Crippen molar-refractivity contribution in [1.29, 1.82) is 0 Å². The first-order valence-corrected chi connectivity index (χ1v) is 8.76. The molecule has 0 fully saturated rings. The molecule has 0 unspecified atom stereocenters. The van der Waals surface area contributed by atoms with Crippen LogP contribution in [0.1, 0.15) is 48.3 Å². The highest BCUT2D eigenvalue weighted by Crippen LogP contribution is 2.16. The van der Waals surface area contributed by atoms with E-state index < -0.39 is 5.91 Å². The number of amides is 2. The smallest absolute Gasteiger partial charge is 0.258 e. The fourth-order valence-electron chi connectivity index (χ4n) is 2.64. The van der Waals surface area contributed by atoms with Gasteiger partial charge in [0.2, 0.25) is 5.91 Å². The Morgan fingerprint density at radius 2 is 1.62 bits per heavy atom. The van der Waals surface area contributed by atoms with Crippen LogP contribution in [0.2, 0.25) is 0 Å². The summed E-state index contributed by atoms with van der Waals surface area (Å²) in [5, 5.41) is 2.92. The van der Waals surface area contributed by atoms with Gasteiger partial charge in [-0.15, -0.1) is 0 Å². The molecule has 3 N–H and O–H groups in total. The third-order valence-corrected chi connectivity index (χ3v) is 4.01. The van der Waals surface area contributed by atoms with Crippen molar-refractivity contribution in [3.63, 3.8) is 0 Å². The summed E-state index contributed by atoms with van der Waals surface area (Å²) in [7, 11) is 0. The van der Waals surface area contributed by atoms with Gasteiger partial charge >= 0.3 is 0 Å². The zero-order chi connectivity index (χ0) is 19.1. The van der Waals surface area contributed by atoms with Gasteiger partial charge in [-0.1, -0.05) is 38.1 Å². The summed E-state index contributed by atoms with van der Waals surface area (Å²) < 4.78 is 5.44. The maximum atomic E-state index is 12.1. The van der Waals surface area contributed by atoms with Gasteiger partial charge in [-0.3, -0.25) is 9.59 Å². The number of primary amides is 1. The second-order valence-electron chi connectivity index (χ2n) is 6.81. The second-order valence-corrected chi connectivity index (χ2v) is 6.81. The number of carbonyl (C=O) groups is 2. The number of benzene rings is 2. The number of nitrogens with two attached hydrogens (primary N) is 1. The molecule has 0 heterocycles. The Hall–Kier alpha value is -2.82. The van der Waals surface area contributed by atoms with Gasteiger partial charge in [-0.25, -0.2) is 0 Å². The summed E-state index contributed by atoms with van der Waals surface area (Å²) >= 11 is 0. The fourth-order valence-corrected chi connectivity index (χ4v) is 2.64. The second kappa shape index (κ2) is 9.04. The van der Waals surface area contributed by atoms with Crippen molar-refractivity contribution >= 4 is 11.8 Å². The van der Waals surface area contributed by atoms with E-state index in [9.17, 15) is 9.59 Å². The molecule has 0 aliphatic heterocycles. The average Bonchev–Trinajstić information content (AvgIpc) is 2.60. The zero-order valence-electron chi connectivity index (χ0n) is 15.5. The predicted octanol–water partition coefficient (Wildman–Crippen LogP) is 3.24. The topological polar surface area (TPSA) is 81.4 Å². The number of hydrogen-bond acceptors (Lipinski definition) is 3. The third kappa shape index (κ3) is 5.92. The molecule has 2 aromatic rings. The SMILES string of the molecule is CC(C)Cc1ccc([C@@H](C)NC(=O)COc2ccc(C(N)=O)cc2)cc1. The summed E-state index contributed by atoms with van der Waals surface area (Å²) in [6, 6.07) is 14.6. The Kier molecular flexibility index (Phi) is 6.78. The standard InChI is InChI=1S/C21H26N2O3/c1-14(2)12-16-4-6-17(7-5-16)15(3)23-20(24)13-26-19-10-8-18(9-11-19)21(22)25/h4-11,14-15H,12-13H2,1-3H3,(H2,22,25)(H,23,24)/t15-/m1/s1. The van der Waals surface area contributed by atoms with Gasteiger partial charge in [-0.05, 0) is 54.7 Å². The average molecular weight is 354 g/mol. The van der Waals surface area contributed by atoms with Crippen LogP contribution < -0.4 is 15.8 Å². The molecule has 0 saturated carbocycles. The van der Waals surface area contributed by atoms with Crippen LogP contribution in [0.5, 0.6) is 5.75 Å². The van der Waals surface area contributed by atoms with Gasteiger partial charge in [0.05, 0.1) is 6.04 Å². The van der Waals surface area contributed by atoms with Crippen LogP contribution in [0.25, 0.3) is 0 Å². The van der Waals surface area contributed by atoms with E-state index in [1.54, 1.807) is 24.3 Å². The largest absolute Gasteiger partial charge is 0.484 e. The lowest BCUT2D eigenvalue weighted by Crippen LogP contribution is -2.31. The van der Waals surface area contributed by atoms with Crippen LogP contribution in [0.15, 0.2) is 48.5 Å². The zero-order valence-corrected chi connectivity index (χ0v) is 15.5. The molecule has 26 heavy (non-hydrogen) atoms. The van der Waals surface area contributed by atoms with E-state index in [0.717, 1.165) is 12.0 Å². The number of ether oxygens (including phenoxy) is 1. The fraction of sp³-hybridized carbons (Fsp3) is 0.333. The molecule has 1 atom stereocenters. The maximum Gasteiger partial charge on any atom is 0.258 e. The van der Waals surface area contributed by atoms with Crippen LogP contribution in [0, 0.1) is 5.92 Å². The quantitative estimate of drug-likeness (QED) is 0.763. The van der Waals surface area contributed by atoms with Crippen molar-refractivity contribution in [3.8, 4) is 5.75 Å². The lowest BCUT2D eigenvalue weighted by molar-refractivity contribution is -0.123. The number of rotatable bonds is 8. The van der Waals surface area contributed by atoms with Gasteiger partial charge in [-0.2, -0.15) is 0 Å². The maximum absolute atomic E-state index is 12.1. The van der Waals surface area contributed by atoms with Gasteiger partial charge in [0.25, 0.3) is 5.91 Å². The molecule has 5 nitrogen and oxygen atoms in total. The molecule has 2 aromatic carbocycles. The molecule has 2 rings (SSSR count). The molecule has 138 valence electrons. The van der Waals surface area contributed by atoms with E-state index in [1.165, 1.54) is 5.56 Å². The molecule has 0 aromatic heterocycles. The molecule has 0 saturated heterocycles. The lowest BCUT2D eigenvalue weighted by atomic mass is 10.00. The van der Waals surface area contributed by atoms with Crippen LogP contribution >= 0.6 is 0 Å². The normalized spacial score (nSPS) is 11.8. The summed E-state index contributed by atoms with van der Waals surface area (Å²) in [4.78, 5) is 23.1. The highest BCUT2D eigenvalue weighted by Gasteiger charge is 2.11. The Morgan fingerprint density at radius 3 is 2.15 bits per heavy atom. The van der Waals surface area contributed by atoms with Crippen molar-refractivity contribution in [3.05, 3.63) is 65.2 Å². The van der Waals surface area contributed by atoms with Gasteiger partial charge in [0.1, 0.15) is 5.75 Å². The first-order valence-electron chi connectivity index (χ1n) is 8.76. The molecule has 5 heteroatoms. The molecule has 0 aliphatic carbocycles. The van der Waals surface area contributed by atoms with E-state index in [-0.39, 0.29) is 18.6 Å². The highest BCUT2D eigenvalue weighted by atomic mass is 16.5. The van der Waals surface area contributed by atoms with E-state index >= 15 is 0 Å². The van der Waals surface area contributed by atoms with Crippen molar-refractivity contribution < 1.29 is 14.3 Å². The summed E-state index contributed by atoms with van der Waals surface area (Å²) in [5.74, 6) is 0.424. The van der Waals surface area contributed by atoms with Crippen LogP contribution in [0.3, 0.4) is 0 Å². The van der Waals surface area contributed by atoms with Crippen molar-refractivity contribution in [1.82, 2.24) is 5.32 Å². The van der Waals surface area contributed by atoms with Crippen LogP contribution in [0.4, 0.5) is 0 Å². The molecular weight excluding hydrogens is 328 g/mol. The minimum Gasteiger partial charge on any atom is -0.484 e. The lowest BCUT2D eigenvalue weighted by Gasteiger charge is -2.15. The Labute approximate surface area is 154 Å². The van der Waals surface area contributed by atoms with E-state index in [4.69, 9.17) is 10.5 Å². The van der Waals surface area contributed by atoms with Crippen molar-refractivity contribution in [2.24, 2.45) is 11.7 Å². The number of nitrogens with one attached hydrogen (secondary N) is 1. The third-order valence-electron chi connectivity index (χ3n) is 4.01. The molecule has 0 radical (unpaired) electrons. The Morgan fingerprint density at radius 1 is 1.00 bits per heavy atom. The first kappa shape index (κ1) is 19.5. The van der Waals surface area contributed by atoms with Crippen molar-refractivity contribution in [2.75, 3.05) is 6.61 Å².